The van der Waals surface area contributed by atoms with Crippen molar-refractivity contribution in [2.45, 2.75) is 31.6 Å². The Bertz CT molecular complexity index is 532. The molecule has 0 unspecified atom stereocenters. The van der Waals surface area contributed by atoms with Crippen LogP contribution in [-0.2, 0) is 9.59 Å². The second kappa shape index (κ2) is 7.02. The van der Waals surface area contributed by atoms with Gasteiger partial charge in [0.2, 0.25) is 11.8 Å². The first kappa shape index (κ1) is 16.9. The summed E-state index contributed by atoms with van der Waals surface area (Å²) in [5.41, 5.74) is 5.90. The third kappa shape index (κ3) is 5.03. The number of pyridine rings is 1. The summed E-state index contributed by atoms with van der Waals surface area (Å²) in [7, 11) is 0. The van der Waals surface area contributed by atoms with E-state index in [4.69, 9.17) is 5.73 Å². The molecule has 114 valence electrons. The quantitative estimate of drug-likeness (QED) is 0.537. The van der Waals surface area contributed by atoms with E-state index in [1.54, 1.807) is 19.9 Å². The molecule has 2 amide bonds. The highest BCUT2D eigenvalue weighted by Gasteiger charge is 2.37. The van der Waals surface area contributed by atoms with Gasteiger partial charge in [0, 0.05) is 23.5 Å². The number of nitrogen functional groups attached to an aromatic ring is 1. The Morgan fingerprint density at radius 3 is 2.57 bits per heavy atom. The number of anilines is 2. The van der Waals surface area contributed by atoms with E-state index in [-0.39, 0.29) is 5.91 Å². The van der Waals surface area contributed by atoms with Crippen molar-refractivity contribution in [1.82, 2.24) is 10.3 Å². The first-order chi connectivity index (χ1) is 9.76. The van der Waals surface area contributed by atoms with Gasteiger partial charge in [-0.25, -0.2) is 4.98 Å². The Balaban J connectivity index is 2.91. The second-order valence-corrected chi connectivity index (χ2v) is 6.25. The summed E-state index contributed by atoms with van der Waals surface area (Å²) in [6, 6.07) is 2.19. The summed E-state index contributed by atoms with van der Waals surface area (Å²) in [5.74, 6) is -0.532. The highest BCUT2D eigenvalue weighted by Crippen LogP contribution is 2.29. The number of nitrogens with one attached hydrogen (secondary N) is 2. The predicted molar refractivity (Wildman–Crippen MR) is 82.3 cm³/mol. The molecule has 0 saturated carbocycles. The monoisotopic (exact) mass is 311 g/mol. The number of rotatable bonds is 6. The first-order valence-electron chi connectivity index (χ1n) is 6.06. The van der Waals surface area contributed by atoms with Crippen LogP contribution >= 0.6 is 11.9 Å². The van der Waals surface area contributed by atoms with Gasteiger partial charge in [-0.1, -0.05) is 0 Å². The molecule has 1 aromatic rings. The number of aromatic nitrogens is 1. The van der Waals surface area contributed by atoms with Crippen molar-refractivity contribution in [3.05, 3.63) is 23.2 Å². The van der Waals surface area contributed by atoms with Gasteiger partial charge in [-0.05, 0) is 26.0 Å². The number of hydrogen-bond donors (Lipinski definition) is 3. The summed E-state index contributed by atoms with van der Waals surface area (Å²) >= 11 is 0.683. The number of amides is 2. The van der Waals surface area contributed by atoms with Crippen LogP contribution < -0.4 is 16.4 Å². The average Bonchev–Trinajstić information content (AvgIpc) is 2.38. The summed E-state index contributed by atoms with van der Waals surface area (Å²) in [5, 5.41) is 5.13. The fraction of sp³-hybridized carbons (Fsp3) is 0.417. The minimum atomic E-state index is -0.935. The molecule has 0 aliphatic heterocycles. The van der Waals surface area contributed by atoms with Gasteiger partial charge in [-0.3, -0.25) is 9.59 Å². The number of hydrogen-bond acceptors (Lipinski definition) is 7. The largest absolute Gasteiger partial charge is 0.384 e. The zero-order chi connectivity index (χ0) is 16.0. The second-order valence-electron chi connectivity index (χ2n) is 4.86. The highest BCUT2D eigenvalue weighted by atomic mass is 32.2. The van der Waals surface area contributed by atoms with E-state index >= 15 is 0 Å². The first-order valence-corrected chi connectivity index (χ1v) is 6.84. The molecule has 0 radical (unpaired) electrons. The molecule has 4 N–H and O–H groups in total. The maximum atomic E-state index is 12.3. The number of nitrogens with zero attached hydrogens (tertiary/aromatic N) is 2. The summed E-state index contributed by atoms with van der Waals surface area (Å²) in [6.07, 6.45) is 1.40. The maximum Gasteiger partial charge on any atom is 0.248 e. The third-order valence-electron chi connectivity index (χ3n) is 2.63. The van der Waals surface area contributed by atoms with Gasteiger partial charge in [0.1, 0.15) is 11.9 Å². The molecule has 21 heavy (non-hydrogen) atoms. The molecule has 0 saturated heterocycles. The van der Waals surface area contributed by atoms with Crippen molar-refractivity contribution >= 4 is 35.3 Å². The zero-order valence-corrected chi connectivity index (χ0v) is 12.7. The molecule has 1 atom stereocenters. The Kier molecular flexibility index (Phi) is 5.65. The minimum Gasteiger partial charge on any atom is -0.384 e. The van der Waals surface area contributed by atoms with Crippen LogP contribution in [0.2, 0.25) is 0 Å². The minimum absolute atomic E-state index is 0.326. The van der Waals surface area contributed by atoms with Crippen LogP contribution in [0.5, 0.6) is 0 Å². The van der Waals surface area contributed by atoms with Gasteiger partial charge >= 0.3 is 0 Å². The topological polar surface area (TPSA) is 127 Å². The number of nitroso groups, excluding NO2 is 1. The SMILES string of the molecule is CC(=O)N[C@H](C(=O)Nc1ccc(N)nc1)C(C)(C)SN=O. The summed E-state index contributed by atoms with van der Waals surface area (Å²) < 4.78 is 1.84. The number of nitrogens with two attached hydrogens (primary N) is 1. The lowest BCUT2D eigenvalue weighted by Crippen LogP contribution is -2.53. The van der Waals surface area contributed by atoms with Gasteiger partial charge in [-0.2, -0.15) is 0 Å². The fourth-order valence-electron chi connectivity index (χ4n) is 1.60. The Labute approximate surface area is 126 Å². The maximum absolute atomic E-state index is 12.3. The van der Waals surface area contributed by atoms with Crippen molar-refractivity contribution < 1.29 is 9.59 Å². The van der Waals surface area contributed by atoms with E-state index in [0.29, 0.717) is 23.5 Å². The molecule has 0 bridgehead atoms. The van der Waals surface area contributed by atoms with Crippen molar-refractivity contribution in [3.8, 4) is 0 Å². The van der Waals surface area contributed by atoms with Crippen LogP contribution in [0.1, 0.15) is 20.8 Å². The fourth-order valence-corrected chi connectivity index (χ4v) is 2.06. The van der Waals surface area contributed by atoms with E-state index in [1.165, 1.54) is 19.2 Å². The Morgan fingerprint density at radius 2 is 2.10 bits per heavy atom. The smallest absolute Gasteiger partial charge is 0.248 e. The molecular formula is C12H17N5O3S. The number of carbonyl (C=O) groups excluding carboxylic acids is 2. The lowest BCUT2D eigenvalue weighted by Gasteiger charge is -2.30. The van der Waals surface area contributed by atoms with Crippen LogP contribution in [-0.4, -0.2) is 27.6 Å². The van der Waals surface area contributed by atoms with Crippen LogP contribution in [0, 0.1) is 4.91 Å². The molecular weight excluding hydrogens is 294 g/mol. The van der Waals surface area contributed by atoms with Crippen LogP contribution in [0.15, 0.2) is 22.9 Å². The molecule has 8 nitrogen and oxygen atoms in total. The van der Waals surface area contributed by atoms with E-state index < -0.39 is 16.7 Å². The van der Waals surface area contributed by atoms with Gasteiger partial charge in [0.05, 0.1) is 16.6 Å². The lowest BCUT2D eigenvalue weighted by atomic mass is 10.0. The van der Waals surface area contributed by atoms with E-state index in [2.05, 4.69) is 20.2 Å². The van der Waals surface area contributed by atoms with Gasteiger partial charge in [0.15, 0.2) is 0 Å². The molecule has 0 aliphatic carbocycles. The molecule has 0 spiro atoms. The average molecular weight is 311 g/mol. The zero-order valence-electron chi connectivity index (χ0n) is 11.9. The molecule has 9 heteroatoms. The Hall–Kier alpha value is -2.16. The van der Waals surface area contributed by atoms with Crippen molar-refractivity contribution in [3.63, 3.8) is 0 Å². The van der Waals surface area contributed by atoms with E-state index in [9.17, 15) is 14.5 Å². The van der Waals surface area contributed by atoms with Crippen LogP contribution in [0.3, 0.4) is 0 Å². The van der Waals surface area contributed by atoms with E-state index in [0.717, 1.165) is 0 Å². The molecule has 0 aliphatic rings. The van der Waals surface area contributed by atoms with Gasteiger partial charge in [0.25, 0.3) is 0 Å². The molecule has 0 fully saturated rings. The number of carbonyl (C=O) groups is 2. The van der Waals surface area contributed by atoms with Gasteiger partial charge in [-0.15, -0.1) is 4.91 Å². The molecule has 0 aromatic carbocycles. The predicted octanol–water partition coefficient (Wildman–Crippen LogP) is 1.30. The molecule has 1 heterocycles. The van der Waals surface area contributed by atoms with Crippen molar-refractivity contribution in [2.75, 3.05) is 11.1 Å². The van der Waals surface area contributed by atoms with Crippen LogP contribution in [0.25, 0.3) is 0 Å². The summed E-state index contributed by atoms with van der Waals surface area (Å²) in [4.78, 5) is 37.9. The van der Waals surface area contributed by atoms with Crippen LogP contribution in [0.4, 0.5) is 11.5 Å². The molecule has 1 rings (SSSR count). The normalized spacial score (nSPS) is 12.3. The van der Waals surface area contributed by atoms with Crippen molar-refractivity contribution in [1.29, 1.82) is 0 Å². The standard InChI is InChI=1S/C12H17N5O3S/c1-7(18)15-10(12(2,3)21-17-20)11(19)16-8-4-5-9(13)14-6-8/h4-6,10H,1-3H3,(H2,13,14)(H,15,18)(H,16,19)/t10-/m1/s1. The lowest BCUT2D eigenvalue weighted by molar-refractivity contribution is -0.125. The van der Waals surface area contributed by atoms with E-state index in [1.807, 2.05) is 0 Å². The molecule has 1 aromatic heterocycles. The third-order valence-corrected chi connectivity index (χ3v) is 3.41. The van der Waals surface area contributed by atoms with Crippen molar-refractivity contribution in [2.24, 2.45) is 4.58 Å². The highest BCUT2D eigenvalue weighted by molar-refractivity contribution is 7.99. The summed E-state index contributed by atoms with van der Waals surface area (Å²) in [6.45, 7) is 4.57. The van der Waals surface area contributed by atoms with Gasteiger partial charge < -0.3 is 16.4 Å². The Morgan fingerprint density at radius 1 is 1.43 bits per heavy atom.